The zero-order valence-electron chi connectivity index (χ0n) is 18.2. The van der Waals surface area contributed by atoms with Crippen molar-refractivity contribution in [3.8, 4) is 0 Å². The fourth-order valence-electron chi connectivity index (χ4n) is 3.40. The summed E-state index contributed by atoms with van der Waals surface area (Å²) < 4.78 is 0. The Bertz CT molecular complexity index is 802. The van der Waals surface area contributed by atoms with Crippen LogP contribution in [-0.2, 0) is 22.6 Å². The molecule has 4 heteroatoms. The Balaban J connectivity index is 2.23. The number of amides is 2. The molecule has 0 heterocycles. The first-order chi connectivity index (χ1) is 14.0. The van der Waals surface area contributed by atoms with Crippen LogP contribution in [0.1, 0.15) is 55.4 Å². The first-order valence-corrected chi connectivity index (χ1v) is 10.6. The molecule has 1 atom stereocenters. The Morgan fingerprint density at radius 3 is 2.31 bits per heavy atom. The number of aryl methyl sites for hydroxylation is 2. The van der Waals surface area contributed by atoms with Crippen LogP contribution in [-0.4, -0.2) is 29.3 Å². The zero-order chi connectivity index (χ0) is 21.2. The smallest absolute Gasteiger partial charge is 0.242 e. The number of nitrogens with one attached hydrogen (secondary N) is 1. The van der Waals surface area contributed by atoms with Gasteiger partial charge < -0.3 is 10.2 Å². The topological polar surface area (TPSA) is 49.4 Å². The summed E-state index contributed by atoms with van der Waals surface area (Å²) in [5.41, 5.74) is 4.40. The average Bonchev–Trinajstić information content (AvgIpc) is 2.71. The van der Waals surface area contributed by atoms with Crippen molar-refractivity contribution in [1.82, 2.24) is 10.2 Å². The number of nitrogens with zero attached hydrogens (tertiary/aromatic N) is 1. The van der Waals surface area contributed by atoms with Crippen LogP contribution in [0.2, 0.25) is 0 Å². The van der Waals surface area contributed by atoms with Crippen LogP contribution in [0, 0.1) is 13.8 Å². The molecule has 4 nitrogen and oxygen atoms in total. The van der Waals surface area contributed by atoms with Crippen molar-refractivity contribution in [2.45, 2.75) is 66.0 Å². The molecule has 0 unspecified atom stereocenters. The Morgan fingerprint density at radius 2 is 1.69 bits per heavy atom. The Morgan fingerprint density at radius 1 is 0.966 bits per heavy atom. The lowest BCUT2D eigenvalue weighted by molar-refractivity contribution is -0.140. The second kappa shape index (κ2) is 11.4. The van der Waals surface area contributed by atoms with Gasteiger partial charge in [0.1, 0.15) is 6.04 Å². The first-order valence-electron chi connectivity index (χ1n) is 10.6. The molecule has 0 aliphatic rings. The van der Waals surface area contributed by atoms with Gasteiger partial charge in [-0.05, 0) is 48.9 Å². The van der Waals surface area contributed by atoms with Crippen molar-refractivity contribution in [2.24, 2.45) is 0 Å². The van der Waals surface area contributed by atoms with Gasteiger partial charge >= 0.3 is 0 Å². The molecule has 0 bridgehead atoms. The van der Waals surface area contributed by atoms with Gasteiger partial charge in [-0.25, -0.2) is 0 Å². The highest BCUT2D eigenvalue weighted by atomic mass is 16.2. The maximum atomic E-state index is 13.3. The molecule has 0 aliphatic carbocycles. The highest BCUT2D eigenvalue weighted by Crippen LogP contribution is 2.16. The summed E-state index contributed by atoms with van der Waals surface area (Å²) in [4.78, 5) is 27.9. The Kier molecular flexibility index (Phi) is 8.91. The van der Waals surface area contributed by atoms with Crippen LogP contribution < -0.4 is 5.32 Å². The SMILES string of the molecule is CCCCNC(=O)[C@H](CC)N(Cc1ccccc1)C(=O)Cc1ccc(C)c(C)c1. The molecule has 0 radical (unpaired) electrons. The van der Waals surface area contributed by atoms with Crippen LogP contribution in [0.5, 0.6) is 0 Å². The van der Waals surface area contributed by atoms with Gasteiger partial charge in [-0.15, -0.1) is 0 Å². The second-order valence-corrected chi connectivity index (χ2v) is 7.67. The Labute approximate surface area is 175 Å². The summed E-state index contributed by atoms with van der Waals surface area (Å²) >= 11 is 0. The maximum Gasteiger partial charge on any atom is 0.242 e. The molecule has 0 aliphatic heterocycles. The minimum absolute atomic E-state index is 0.0189. The highest BCUT2D eigenvalue weighted by Gasteiger charge is 2.28. The van der Waals surface area contributed by atoms with Crippen molar-refractivity contribution in [1.29, 1.82) is 0 Å². The van der Waals surface area contributed by atoms with E-state index in [0.29, 0.717) is 25.9 Å². The van der Waals surface area contributed by atoms with Crippen LogP contribution >= 0.6 is 0 Å². The largest absolute Gasteiger partial charge is 0.354 e. The standard InChI is InChI=1S/C25H34N2O2/c1-5-7-15-26-25(29)23(6-2)27(18-21-11-9-8-10-12-21)24(28)17-22-14-13-19(3)20(4)16-22/h8-14,16,23H,5-7,15,17-18H2,1-4H3,(H,26,29)/t23-/m0/s1. The summed E-state index contributed by atoms with van der Waals surface area (Å²) in [7, 11) is 0. The summed E-state index contributed by atoms with van der Waals surface area (Å²) in [6.45, 7) is 9.27. The molecule has 2 aromatic rings. The van der Waals surface area contributed by atoms with Crippen LogP contribution in [0.25, 0.3) is 0 Å². The van der Waals surface area contributed by atoms with Gasteiger partial charge in [0.2, 0.25) is 11.8 Å². The van der Waals surface area contributed by atoms with E-state index in [0.717, 1.165) is 24.0 Å². The molecule has 2 amide bonds. The molecule has 0 saturated carbocycles. The van der Waals surface area contributed by atoms with Crippen molar-refractivity contribution >= 4 is 11.8 Å². The van der Waals surface area contributed by atoms with Gasteiger partial charge in [-0.3, -0.25) is 9.59 Å². The number of carbonyl (C=O) groups excluding carboxylic acids is 2. The summed E-state index contributed by atoms with van der Waals surface area (Å²) in [5.74, 6) is -0.0834. The molecule has 2 aromatic carbocycles. The lowest BCUT2D eigenvalue weighted by Crippen LogP contribution is -2.49. The van der Waals surface area contributed by atoms with E-state index >= 15 is 0 Å². The van der Waals surface area contributed by atoms with Crippen molar-refractivity contribution in [3.63, 3.8) is 0 Å². The van der Waals surface area contributed by atoms with Crippen LogP contribution in [0.15, 0.2) is 48.5 Å². The lowest BCUT2D eigenvalue weighted by Gasteiger charge is -2.31. The van der Waals surface area contributed by atoms with Crippen LogP contribution in [0.3, 0.4) is 0 Å². The molecule has 29 heavy (non-hydrogen) atoms. The molecule has 0 aromatic heterocycles. The van der Waals surface area contributed by atoms with E-state index < -0.39 is 6.04 Å². The maximum absolute atomic E-state index is 13.3. The van der Waals surface area contributed by atoms with E-state index in [2.05, 4.69) is 32.2 Å². The van der Waals surface area contributed by atoms with Gasteiger partial charge in [0.05, 0.1) is 6.42 Å². The minimum atomic E-state index is -0.467. The quantitative estimate of drug-likeness (QED) is 0.600. The van der Waals surface area contributed by atoms with Gasteiger partial charge in [0.15, 0.2) is 0 Å². The molecule has 0 saturated heterocycles. The van der Waals surface area contributed by atoms with Gasteiger partial charge in [0.25, 0.3) is 0 Å². The number of benzene rings is 2. The van der Waals surface area contributed by atoms with Gasteiger partial charge in [0, 0.05) is 13.1 Å². The zero-order valence-corrected chi connectivity index (χ0v) is 18.2. The number of hydrogen-bond donors (Lipinski definition) is 1. The molecule has 0 fully saturated rings. The van der Waals surface area contributed by atoms with E-state index in [9.17, 15) is 9.59 Å². The molecule has 156 valence electrons. The minimum Gasteiger partial charge on any atom is -0.354 e. The third kappa shape index (κ3) is 6.74. The van der Waals surface area contributed by atoms with Crippen molar-refractivity contribution in [3.05, 3.63) is 70.8 Å². The molecule has 1 N–H and O–H groups in total. The molecule has 0 spiro atoms. The normalized spacial score (nSPS) is 11.7. The van der Waals surface area contributed by atoms with Crippen molar-refractivity contribution in [2.75, 3.05) is 6.54 Å². The number of carbonyl (C=O) groups is 2. The fraction of sp³-hybridized carbons (Fsp3) is 0.440. The predicted molar refractivity (Wildman–Crippen MR) is 119 cm³/mol. The monoisotopic (exact) mass is 394 g/mol. The first kappa shape index (κ1) is 22.7. The van der Waals surface area contributed by atoms with E-state index in [-0.39, 0.29) is 11.8 Å². The van der Waals surface area contributed by atoms with Crippen LogP contribution in [0.4, 0.5) is 0 Å². The molecular formula is C25H34N2O2. The summed E-state index contributed by atoms with van der Waals surface area (Å²) in [6, 6.07) is 15.5. The third-order valence-electron chi connectivity index (χ3n) is 5.34. The fourth-order valence-corrected chi connectivity index (χ4v) is 3.40. The summed E-state index contributed by atoms with van der Waals surface area (Å²) in [6.07, 6.45) is 2.85. The highest BCUT2D eigenvalue weighted by molar-refractivity contribution is 5.88. The number of hydrogen-bond acceptors (Lipinski definition) is 2. The molecule has 2 rings (SSSR count). The van der Waals surface area contributed by atoms with E-state index in [4.69, 9.17) is 0 Å². The number of unbranched alkanes of at least 4 members (excludes halogenated alkanes) is 1. The Hall–Kier alpha value is -2.62. The van der Waals surface area contributed by atoms with Gasteiger partial charge in [-0.1, -0.05) is 68.8 Å². The van der Waals surface area contributed by atoms with E-state index in [1.165, 1.54) is 11.1 Å². The van der Waals surface area contributed by atoms with Gasteiger partial charge in [-0.2, -0.15) is 0 Å². The second-order valence-electron chi connectivity index (χ2n) is 7.67. The average molecular weight is 395 g/mol. The van der Waals surface area contributed by atoms with Crippen molar-refractivity contribution < 1.29 is 9.59 Å². The van der Waals surface area contributed by atoms with E-state index in [1.54, 1.807) is 4.90 Å². The lowest BCUT2D eigenvalue weighted by atomic mass is 10.0. The molecular weight excluding hydrogens is 360 g/mol. The predicted octanol–water partition coefficient (Wildman–Crippen LogP) is 4.57. The van der Waals surface area contributed by atoms with E-state index in [1.807, 2.05) is 49.4 Å². The third-order valence-corrected chi connectivity index (χ3v) is 5.34. The number of rotatable bonds is 10. The summed E-state index contributed by atoms with van der Waals surface area (Å²) in [5, 5.41) is 3.00.